The second kappa shape index (κ2) is 11.8. The molecule has 0 heterocycles. The van der Waals surface area contributed by atoms with Gasteiger partial charge >= 0.3 is 6.09 Å². The molecule has 0 saturated carbocycles. The second-order valence-corrected chi connectivity index (χ2v) is 10.8. The summed E-state index contributed by atoms with van der Waals surface area (Å²) in [4.78, 5) is 41.3. The molecule has 0 spiro atoms. The van der Waals surface area contributed by atoms with Crippen LogP contribution in [0.4, 0.5) is 10.5 Å². The van der Waals surface area contributed by atoms with E-state index in [-0.39, 0.29) is 6.04 Å². The lowest BCUT2D eigenvalue weighted by atomic mass is 9.97. The van der Waals surface area contributed by atoms with Gasteiger partial charge in [-0.05, 0) is 90.6 Å². The molecule has 0 saturated heterocycles. The van der Waals surface area contributed by atoms with Gasteiger partial charge in [0.2, 0.25) is 5.91 Å². The van der Waals surface area contributed by atoms with Crippen molar-refractivity contribution in [3.8, 4) is 0 Å². The number of alkyl carbamates (subject to hydrolysis) is 1. The fraction of sp³-hybridized carbons (Fsp3) is 0.464. The van der Waals surface area contributed by atoms with Crippen LogP contribution in [0, 0.1) is 20.8 Å². The number of halogens is 1. The van der Waals surface area contributed by atoms with E-state index < -0.39 is 35.6 Å². The molecule has 2 atom stereocenters. The number of nitrogens with zero attached hydrogens (tertiary/aromatic N) is 1. The molecule has 2 rings (SSSR count). The van der Waals surface area contributed by atoms with Crippen molar-refractivity contribution in [3.63, 3.8) is 0 Å². The van der Waals surface area contributed by atoms with Crippen molar-refractivity contribution in [2.45, 2.75) is 86.0 Å². The highest BCUT2D eigenvalue weighted by molar-refractivity contribution is 6.34. The molecular weight excluding hydrogens is 478 g/mol. The summed E-state index contributed by atoms with van der Waals surface area (Å²) in [5.74, 6) is -0.814. The number of benzene rings is 2. The molecule has 2 aromatic carbocycles. The number of nitrogens with one attached hydrogen (secondary N) is 2. The monoisotopic (exact) mass is 515 g/mol. The first-order valence-electron chi connectivity index (χ1n) is 12.1. The van der Waals surface area contributed by atoms with Crippen LogP contribution in [0.1, 0.15) is 69.8 Å². The molecule has 196 valence electrons. The van der Waals surface area contributed by atoms with E-state index in [1.807, 2.05) is 65.0 Å². The first-order valence-corrected chi connectivity index (χ1v) is 12.4. The van der Waals surface area contributed by atoms with Crippen molar-refractivity contribution in [3.05, 3.63) is 63.7 Å². The standard InChI is InChI=1S/C28H38ClN3O4/c1-16(2)32(26(34)20(6)30-27(35)36-28(7,8)9)24(21-14-13-17(3)19(5)15-21)25(33)31-23-18(4)11-10-12-22(23)29/h10-16,20,24H,1-9H3,(H,30,35)(H,31,33). The van der Waals surface area contributed by atoms with Crippen molar-refractivity contribution in [2.75, 3.05) is 5.32 Å². The van der Waals surface area contributed by atoms with Crippen LogP contribution in [0.15, 0.2) is 36.4 Å². The van der Waals surface area contributed by atoms with E-state index in [1.54, 1.807) is 33.8 Å². The molecule has 2 N–H and O–H groups in total. The number of rotatable bonds is 7. The highest BCUT2D eigenvalue weighted by Crippen LogP contribution is 2.31. The van der Waals surface area contributed by atoms with Gasteiger partial charge in [-0.25, -0.2) is 4.79 Å². The SMILES string of the molecule is Cc1ccc(C(C(=O)Nc2c(C)cccc2Cl)N(C(=O)C(C)NC(=O)OC(C)(C)C)C(C)C)cc1C. The first kappa shape index (κ1) is 29.2. The van der Waals surface area contributed by atoms with Gasteiger partial charge in [0.1, 0.15) is 17.7 Å². The minimum Gasteiger partial charge on any atom is -0.444 e. The number of aryl methyl sites for hydroxylation is 3. The lowest BCUT2D eigenvalue weighted by molar-refractivity contribution is -0.142. The third-order valence-corrected chi connectivity index (χ3v) is 6.07. The Morgan fingerprint density at radius 2 is 1.58 bits per heavy atom. The Morgan fingerprint density at radius 1 is 0.944 bits per heavy atom. The van der Waals surface area contributed by atoms with Gasteiger partial charge in [0.15, 0.2) is 0 Å². The van der Waals surface area contributed by atoms with Gasteiger partial charge in [-0.2, -0.15) is 0 Å². The Balaban J connectivity index is 2.50. The number of anilines is 1. The minimum absolute atomic E-state index is 0.356. The number of carbonyl (C=O) groups is 3. The lowest BCUT2D eigenvalue weighted by Gasteiger charge is -2.36. The van der Waals surface area contributed by atoms with Gasteiger partial charge in [-0.15, -0.1) is 0 Å². The zero-order valence-corrected chi connectivity index (χ0v) is 23.4. The highest BCUT2D eigenvalue weighted by Gasteiger charge is 2.36. The maximum absolute atomic E-state index is 13.8. The number of para-hydroxylation sites is 1. The molecule has 0 fully saturated rings. The molecule has 2 aromatic rings. The molecule has 0 bridgehead atoms. The molecule has 7 nitrogen and oxygen atoms in total. The van der Waals surface area contributed by atoms with Gasteiger partial charge in [0, 0.05) is 6.04 Å². The molecule has 0 aliphatic rings. The Bertz CT molecular complexity index is 1100. The average molecular weight is 516 g/mol. The summed E-state index contributed by atoms with van der Waals surface area (Å²) in [7, 11) is 0. The van der Waals surface area contributed by atoms with Gasteiger partial charge < -0.3 is 20.3 Å². The molecule has 0 radical (unpaired) electrons. The number of carbonyl (C=O) groups excluding carboxylic acids is 3. The predicted octanol–water partition coefficient (Wildman–Crippen LogP) is 6.10. The van der Waals surface area contributed by atoms with Crippen LogP contribution in [0.2, 0.25) is 5.02 Å². The van der Waals surface area contributed by atoms with Crippen molar-refractivity contribution in [2.24, 2.45) is 0 Å². The molecule has 0 aliphatic heterocycles. The third kappa shape index (κ3) is 7.47. The largest absolute Gasteiger partial charge is 0.444 e. The molecule has 8 heteroatoms. The van der Waals surface area contributed by atoms with Gasteiger partial charge in [0.25, 0.3) is 5.91 Å². The van der Waals surface area contributed by atoms with Crippen LogP contribution in [-0.2, 0) is 14.3 Å². The molecule has 0 aromatic heterocycles. The third-order valence-electron chi connectivity index (χ3n) is 5.76. The molecule has 3 amide bonds. The van der Waals surface area contributed by atoms with E-state index in [0.717, 1.165) is 16.7 Å². The van der Waals surface area contributed by atoms with Crippen molar-refractivity contribution >= 4 is 35.2 Å². The normalized spacial score (nSPS) is 13.1. The van der Waals surface area contributed by atoms with E-state index in [2.05, 4.69) is 10.6 Å². The average Bonchev–Trinajstić information content (AvgIpc) is 2.74. The summed E-state index contributed by atoms with van der Waals surface area (Å²) in [6.45, 7) is 16.3. The number of ether oxygens (including phenoxy) is 1. The second-order valence-electron chi connectivity index (χ2n) is 10.4. The topological polar surface area (TPSA) is 87.7 Å². The molecule has 0 aliphatic carbocycles. The minimum atomic E-state index is -0.963. The van der Waals surface area contributed by atoms with E-state index in [4.69, 9.17) is 16.3 Å². The van der Waals surface area contributed by atoms with Gasteiger partial charge in [0.05, 0.1) is 10.7 Å². The summed E-state index contributed by atoms with van der Waals surface area (Å²) in [5.41, 5.74) is 3.31. The van der Waals surface area contributed by atoms with E-state index in [0.29, 0.717) is 16.3 Å². The van der Waals surface area contributed by atoms with Crippen LogP contribution in [0.5, 0.6) is 0 Å². The summed E-state index contributed by atoms with van der Waals surface area (Å²) < 4.78 is 5.31. The Kier molecular flexibility index (Phi) is 9.55. The Labute approximate surface area is 219 Å². The fourth-order valence-corrected chi connectivity index (χ4v) is 4.07. The maximum Gasteiger partial charge on any atom is 0.408 e. The van der Waals surface area contributed by atoms with E-state index in [1.165, 1.54) is 4.90 Å². The van der Waals surface area contributed by atoms with Gasteiger partial charge in [-0.1, -0.05) is 41.9 Å². The van der Waals surface area contributed by atoms with Crippen LogP contribution >= 0.6 is 11.6 Å². The Hall–Kier alpha value is -3.06. The number of hydrogen-bond donors (Lipinski definition) is 2. The first-order chi connectivity index (χ1) is 16.6. The van der Waals surface area contributed by atoms with Crippen LogP contribution in [-0.4, -0.2) is 40.5 Å². The van der Waals surface area contributed by atoms with Gasteiger partial charge in [-0.3, -0.25) is 9.59 Å². The zero-order chi connectivity index (χ0) is 27.4. The van der Waals surface area contributed by atoms with E-state index in [9.17, 15) is 14.4 Å². The quantitative estimate of drug-likeness (QED) is 0.466. The summed E-state index contributed by atoms with van der Waals surface area (Å²) in [6, 6.07) is 8.80. The number of amides is 3. The molecule has 36 heavy (non-hydrogen) atoms. The predicted molar refractivity (Wildman–Crippen MR) is 144 cm³/mol. The Morgan fingerprint density at radius 3 is 2.11 bits per heavy atom. The van der Waals surface area contributed by atoms with Crippen molar-refractivity contribution in [1.82, 2.24) is 10.2 Å². The maximum atomic E-state index is 13.8. The van der Waals surface area contributed by atoms with Crippen LogP contribution in [0.3, 0.4) is 0 Å². The zero-order valence-electron chi connectivity index (χ0n) is 22.7. The molecular formula is C28H38ClN3O4. The van der Waals surface area contributed by atoms with Crippen LogP contribution in [0.25, 0.3) is 0 Å². The lowest BCUT2D eigenvalue weighted by Crippen LogP contribution is -2.53. The van der Waals surface area contributed by atoms with E-state index >= 15 is 0 Å². The van der Waals surface area contributed by atoms with Crippen molar-refractivity contribution in [1.29, 1.82) is 0 Å². The summed E-state index contributed by atoms with van der Waals surface area (Å²) in [6.07, 6.45) is -0.703. The smallest absolute Gasteiger partial charge is 0.408 e. The highest BCUT2D eigenvalue weighted by atomic mass is 35.5. The fourth-order valence-electron chi connectivity index (χ4n) is 3.80. The molecule has 2 unspecified atom stereocenters. The van der Waals surface area contributed by atoms with Crippen LogP contribution < -0.4 is 10.6 Å². The summed E-state index contributed by atoms with van der Waals surface area (Å²) >= 11 is 6.38. The van der Waals surface area contributed by atoms with Crippen molar-refractivity contribution < 1.29 is 19.1 Å². The summed E-state index contributed by atoms with van der Waals surface area (Å²) in [5, 5.41) is 5.94. The number of hydrogen-bond acceptors (Lipinski definition) is 4.